The maximum absolute atomic E-state index is 11.5. The third-order valence-corrected chi connectivity index (χ3v) is 3.67. The lowest BCUT2D eigenvalue weighted by Crippen LogP contribution is -2.27. The van der Waals surface area contributed by atoms with Gasteiger partial charge in [-0.1, -0.05) is 25.7 Å². The van der Waals surface area contributed by atoms with Crippen molar-refractivity contribution in [1.82, 2.24) is 10.6 Å². The van der Waals surface area contributed by atoms with Gasteiger partial charge in [0.25, 0.3) is 0 Å². The number of nitrogens with one attached hydrogen (secondary N) is 2. The molecule has 0 rings (SSSR count). The van der Waals surface area contributed by atoms with E-state index in [1.807, 2.05) is 0 Å². The lowest BCUT2D eigenvalue weighted by atomic mass is 10.1. The normalized spacial score (nSPS) is 10.7. The maximum Gasteiger partial charge on any atom is 0.220 e. The second-order valence-corrected chi connectivity index (χ2v) is 5.99. The molecule has 0 bridgehead atoms. The Hall–Kier alpha value is -1.22. The second kappa shape index (κ2) is 20.1. The first-order valence-electron chi connectivity index (χ1n) is 9.61. The summed E-state index contributed by atoms with van der Waals surface area (Å²) in [6, 6.07) is 0. The van der Waals surface area contributed by atoms with Crippen LogP contribution in [-0.2, 0) is 19.1 Å². The van der Waals surface area contributed by atoms with Gasteiger partial charge in [0, 0.05) is 25.9 Å². The number of hydrogen-bond donors (Lipinski definition) is 4. The summed E-state index contributed by atoms with van der Waals surface area (Å²) >= 11 is 0. The SMILES string of the molecule is O=C(CCCCCCCCC(=O)NCCOCCO)NCCOCCO. The van der Waals surface area contributed by atoms with Crippen LogP contribution in [0, 0.1) is 0 Å². The van der Waals surface area contributed by atoms with Crippen molar-refractivity contribution < 1.29 is 29.3 Å². The number of ether oxygens (including phenoxy) is 2. The smallest absolute Gasteiger partial charge is 0.220 e. The first kappa shape index (κ1) is 24.8. The fourth-order valence-corrected chi connectivity index (χ4v) is 2.31. The van der Waals surface area contributed by atoms with Gasteiger partial charge in [0.15, 0.2) is 0 Å². The molecule has 8 nitrogen and oxygen atoms in total. The van der Waals surface area contributed by atoms with E-state index in [9.17, 15) is 9.59 Å². The van der Waals surface area contributed by atoms with Crippen LogP contribution in [0.1, 0.15) is 51.4 Å². The molecule has 0 unspecified atom stereocenters. The van der Waals surface area contributed by atoms with Crippen molar-refractivity contribution in [2.24, 2.45) is 0 Å². The van der Waals surface area contributed by atoms with E-state index in [2.05, 4.69) is 10.6 Å². The summed E-state index contributed by atoms with van der Waals surface area (Å²) < 4.78 is 10.1. The average Bonchev–Trinajstić information content (AvgIpc) is 2.63. The molecule has 0 aliphatic carbocycles. The van der Waals surface area contributed by atoms with Crippen molar-refractivity contribution in [1.29, 1.82) is 0 Å². The highest BCUT2D eigenvalue weighted by molar-refractivity contribution is 5.76. The number of aliphatic hydroxyl groups excluding tert-OH is 2. The van der Waals surface area contributed by atoms with Crippen LogP contribution < -0.4 is 10.6 Å². The average molecular weight is 376 g/mol. The van der Waals surface area contributed by atoms with E-state index >= 15 is 0 Å². The molecule has 2 amide bonds. The molecule has 0 fully saturated rings. The first-order chi connectivity index (χ1) is 12.7. The van der Waals surface area contributed by atoms with Crippen molar-refractivity contribution in [2.75, 3.05) is 52.7 Å². The van der Waals surface area contributed by atoms with Crippen LogP contribution in [0.2, 0.25) is 0 Å². The van der Waals surface area contributed by atoms with Crippen LogP contribution in [0.4, 0.5) is 0 Å². The van der Waals surface area contributed by atoms with Crippen molar-refractivity contribution in [3.8, 4) is 0 Å². The molecule has 4 N–H and O–H groups in total. The zero-order valence-corrected chi connectivity index (χ0v) is 15.8. The van der Waals surface area contributed by atoms with E-state index < -0.39 is 0 Å². The van der Waals surface area contributed by atoms with E-state index in [1.165, 1.54) is 0 Å². The maximum atomic E-state index is 11.5. The number of amides is 2. The van der Waals surface area contributed by atoms with Crippen molar-refractivity contribution >= 4 is 11.8 Å². The zero-order chi connectivity index (χ0) is 19.3. The van der Waals surface area contributed by atoms with Crippen LogP contribution in [0.15, 0.2) is 0 Å². The fraction of sp³-hybridized carbons (Fsp3) is 0.889. The zero-order valence-electron chi connectivity index (χ0n) is 15.8. The summed E-state index contributed by atoms with van der Waals surface area (Å²) in [7, 11) is 0. The summed E-state index contributed by atoms with van der Waals surface area (Å²) in [6.07, 6.45) is 6.98. The van der Waals surface area contributed by atoms with E-state index in [1.54, 1.807) is 0 Å². The Morgan fingerprint density at radius 1 is 0.615 bits per heavy atom. The van der Waals surface area contributed by atoms with Gasteiger partial charge < -0.3 is 30.3 Å². The lowest BCUT2D eigenvalue weighted by Gasteiger charge is -2.06. The standard InChI is InChI=1S/C18H36N2O6/c21-11-15-25-13-9-19-17(23)7-5-3-1-2-4-6-8-18(24)20-10-14-26-16-12-22/h21-22H,1-16H2,(H,19,23)(H,20,24). The van der Waals surface area contributed by atoms with E-state index in [4.69, 9.17) is 19.7 Å². The predicted molar refractivity (Wildman–Crippen MR) is 98.8 cm³/mol. The molecule has 0 aromatic rings. The third-order valence-electron chi connectivity index (χ3n) is 3.67. The molecular formula is C18H36N2O6. The van der Waals surface area contributed by atoms with Crippen LogP contribution in [0.5, 0.6) is 0 Å². The van der Waals surface area contributed by atoms with E-state index in [0.29, 0.717) is 52.4 Å². The monoisotopic (exact) mass is 376 g/mol. The first-order valence-corrected chi connectivity index (χ1v) is 9.61. The van der Waals surface area contributed by atoms with Crippen LogP contribution in [0.25, 0.3) is 0 Å². The second-order valence-electron chi connectivity index (χ2n) is 5.99. The molecule has 8 heteroatoms. The van der Waals surface area contributed by atoms with Crippen LogP contribution in [0.3, 0.4) is 0 Å². The van der Waals surface area contributed by atoms with Gasteiger partial charge in [-0.25, -0.2) is 0 Å². The molecule has 0 atom stereocenters. The molecule has 0 saturated heterocycles. The molecule has 0 spiro atoms. The van der Waals surface area contributed by atoms with Gasteiger partial charge in [-0.15, -0.1) is 0 Å². The summed E-state index contributed by atoms with van der Waals surface area (Å²) in [4.78, 5) is 23.1. The van der Waals surface area contributed by atoms with Crippen molar-refractivity contribution in [3.05, 3.63) is 0 Å². The Balaban J connectivity index is 3.25. The molecule has 0 aliphatic rings. The lowest BCUT2D eigenvalue weighted by molar-refractivity contribution is -0.122. The molecular weight excluding hydrogens is 340 g/mol. The number of carbonyl (C=O) groups excluding carboxylic acids is 2. The Bertz CT molecular complexity index is 310. The van der Waals surface area contributed by atoms with Gasteiger partial charge in [0.1, 0.15) is 0 Å². The van der Waals surface area contributed by atoms with Gasteiger partial charge in [-0.05, 0) is 12.8 Å². The van der Waals surface area contributed by atoms with Gasteiger partial charge in [0.2, 0.25) is 11.8 Å². The van der Waals surface area contributed by atoms with Gasteiger partial charge in [-0.2, -0.15) is 0 Å². The topological polar surface area (TPSA) is 117 Å². The van der Waals surface area contributed by atoms with Gasteiger partial charge in [-0.3, -0.25) is 9.59 Å². The number of aliphatic hydroxyl groups is 2. The van der Waals surface area contributed by atoms with E-state index in [0.717, 1.165) is 38.5 Å². The molecule has 0 aromatic heterocycles. The van der Waals surface area contributed by atoms with Crippen LogP contribution in [-0.4, -0.2) is 74.8 Å². The minimum absolute atomic E-state index is 0.000988. The highest BCUT2D eigenvalue weighted by atomic mass is 16.5. The third kappa shape index (κ3) is 19.1. The van der Waals surface area contributed by atoms with E-state index in [-0.39, 0.29) is 25.0 Å². The number of unbranched alkanes of at least 4 members (excludes halogenated alkanes) is 5. The Labute approximate surface area is 156 Å². The summed E-state index contributed by atoms with van der Waals surface area (Å²) in [6.45, 7) is 2.42. The fourth-order valence-electron chi connectivity index (χ4n) is 2.31. The highest BCUT2D eigenvalue weighted by Crippen LogP contribution is 2.08. The minimum Gasteiger partial charge on any atom is -0.394 e. The highest BCUT2D eigenvalue weighted by Gasteiger charge is 2.02. The molecule has 154 valence electrons. The molecule has 0 radical (unpaired) electrons. The molecule has 0 heterocycles. The summed E-state index contributed by atoms with van der Waals surface area (Å²) in [5.74, 6) is 0.0782. The van der Waals surface area contributed by atoms with Gasteiger partial charge in [0.05, 0.1) is 39.6 Å². The minimum atomic E-state index is -0.000988. The van der Waals surface area contributed by atoms with Gasteiger partial charge >= 0.3 is 0 Å². The number of rotatable bonds is 19. The quantitative estimate of drug-likeness (QED) is 0.242. The molecule has 26 heavy (non-hydrogen) atoms. The summed E-state index contributed by atoms with van der Waals surface area (Å²) in [5, 5.41) is 22.6. The number of hydrogen-bond acceptors (Lipinski definition) is 6. The number of carbonyl (C=O) groups is 2. The Morgan fingerprint density at radius 3 is 1.38 bits per heavy atom. The Morgan fingerprint density at radius 2 is 1.00 bits per heavy atom. The van der Waals surface area contributed by atoms with Crippen molar-refractivity contribution in [2.45, 2.75) is 51.4 Å². The molecule has 0 aliphatic heterocycles. The molecule has 0 aromatic carbocycles. The van der Waals surface area contributed by atoms with Crippen molar-refractivity contribution in [3.63, 3.8) is 0 Å². The van der Waals surface area contributed by atoms with Crippen LogP contribution >= 0.6 is 0 Å². The largest absolute Gasteiger partial charge is 0.394 e. The predicted octanol–water partition coefficient (Wildman–Crippen LogP) is 0.357. The Kier molecular flexibility index (Phi) is 19.2. The summed E-state index contributed by atoms with van der Waals surface area (Å²) in [5.41, 5.74) is 0. The molecule has 0 saturated carbocycles.